The Morgan fingerprint density at radius 2 is 1.79 bits per heavy atom. The molecule has 1 saturated heterocycles. The fraction of sp³-hybridized carbons (Fsp3) is 0.600. The number of nitrogens with zero attached hydrogens (tertiary/aromatic N) is 3. The van der Waals surface area contributed by atoms with Crippen LogP contribution in [0.25, 0.3) is 0 Å². The Morgan fingerprint density at radius 1 is 1.17 bits per heavy atom. The van der Waals surface area contributed by atoms with E-state index >= 15 is 0 Å². The molecule has 1 aromatic rings. The summed E-state index contributed by atoms with van der Waals surface area (Å²) in [7, 11) is -1.38. The highest BCUT2D eigenvalue weighted by molar-refractivity contribution is 14.0. The zero-order valence-corrected chi connectivity index (χ0v) is 20.5. The van der Waals surface area contributed by atoms with Crippen LogP contribution in [0.5, 0.6) is 0 Å². The number of guanidine groups is 1. The minimum Gasteiger partial charge on any atom is -0.356 e. The van der Waals surface area contributed by atoms with Gasteiger partial charge in [-0.3, -0.25) is 9.79 Å². The van der Waals surface area contributed by atoms with Gasteiger partial charge in [-0.1, -0.05) is 24.3 Å². The van der Waals surface area contributed by atoms with Gasteiger partial charge >= 0.3 is 0 Å². The summed E-state index contributed by atoms with van der Waals surface area (Å²) in [5, 5.41) is 3.28. The van der Waals surface area contributed by atoms with Crippen LogP contribution in [-0.2, 0) is 27.7 Å². The lowest BCUT2D eigenvalue weighted by Gasteiger charge is -2.39. The van der Waals surface area contributed by atoms with Crippen molar-refractivity contribution in [3.8, 4) is 0 Å². The molecule has 0 unspecified atom stereocenters. The predicted molar refractivity (Wildman–Crippen MR) is 126 cm³/mol. The second-order valence-corrected chi connectivity index (χ2v) is 10.8. The van der Waals surface area contributed by atoms with Crippen molar-refractivity contribution in [2.75, 3.05) is 32.4 Å². The summed E-state index contributed by atoms with van der Waals surface area (Å²) < 4.78 is 23.6. The van der Waals surface area contributed by atoms with Gasteiger partial charge in [-0.2, -0.15) is 0 Å². The highest BCUT2D eigenvalue weighted by Crippen LogP contribution is 2.24. The van der Waals surface area contributed by atoms with Gasteiger partial charge in [0, 0.05) is 46.2 Å². The van der Waals surface area contributed by atoms with Gasteiger partial charge in [-0.25, -0.2) is 8.42 Å². The van der Waals surface area contributed by atoms with Gasteiger partial charge in [0.25, 0.3) is 0 Å². The van der Waals surface area contributed by atoms with Gasteiger partial charge in [0.15, 0.2) is 15.8 Å². The first-order chi connectivity index (χ1) is 13.2. The van der Waals surface area contributed by atoms with Crippen LogP contribution >= 0.6 is 24.0 Å². The molecule has 0 bridgehead atoms. The van der Waals surface area contributed by atoms with Crippen LogP contribution in [0.4, 0.5) is 0 Å². The number of carbonyl (C=O) groups excluding carboxylic acids is 1. The quantitative estimate of drug-likeness (QED) is 0.277. The number of nitrogens with one attached hydrogen (secondary N) is 1. The summed E-state index contributed by atoms with van der Waals surface area (Å²) in [6.45, 7) is 6.39. The molecule has 3 rings (SSSR count). The molecule has 2 aliphatic heterocycles. The molecule has 2 aliphatic rings. The lowest BCUT2D eigenvalue weighted by molar-refractivity contribution is -0.131. The highest BCUT2D eigenvalue weighted by Gasteiger charge is 2.40. The van der Waals surface area contributed by atoms with E-state index in [1.807, 2.05) is 21.9 Å². The van der Waals surface area contributed by atoms with Crippen LogP contribution in [-0.4, -0.2) is 67.3 Å². The summed E-state index contributed by atoms with van der Waals surface area (Å²) in [6, 6.07) is 8.17. The van der Waals surface area contributed by atoms with Crippen molar-refractivity contribution in [3.63, 3.8) is 0 Å². The lowest BCUT2D eigenvalue weighted by atomic mass is 10.1. The molecule has 7 nitrogen and oxygen atoms in total. The van der Waals surface area contributed by atoms with Gasteiger partial charge in [0.2, 0.25) is 5.91 Å². The summed E-state index contributed by atoms with van der Waals surface area (Å²) in [5.74, 6) is 0.997. The number of hydrogen-bond acceptors (Lipinski definition) is 4. The van der Waals surface area contributed by atoms with Crippen molar-refractivity contribution in [1.29, 1.82) is 0 Å². The molecule has 1 amide bonds. The fourth-order valence-electron chi connectivity index (χ4n) is 3.76. The number of amides is 1. The Morgan fingerprint density at radius 3 is 2.34 bits per heavy atom. The van der Waals surface area contributed by atoms with E-state index in [0.717, 1.165) is 0 Å². The van der Waals surface area contributed by atoms with E-state index in [2.05, 4.69) is 22.4 Å². The van der Waals surface area contributed by atoms with Gasteiger partial charge in [0.1, 0.15) is 0 Å². The molecule has 29 heavy (non-hydrogen) atoms. The van der Waals surface area contributed by atoms with Crippen LogP contribution < -0.4 is 5.32 Å². The number of fused-ring (bicyclic) bond motifs is 1. The molecule has 162 valence electrons. The summed E-state index contributed by atoms with van der Waals surface area (Å²) in [4.78, 5) is 20.7. The molecular formula is C20H31IN4O3S. The number of benzene rings is 1. The molecule has 1 aromatic carbocycles. The third kappa shape index (κ3) is 5.42. The Balaban J connectivity index is 0.00000300. The first-order valence-corrected chi connectivity index (χ1v) is 11.4. The van der Waals surface area contributed by atoms with Gasteiger partial charge in [0.05, 0.1) is 10.5 Å². The van der Waals surface area contributed by atoms with Crippen molar-refractivity contribution in [3.05, 3.63) is 35.4 Å². The Labute approximate surface area is 190 Å². The van der Waals surface area contributed by atoms with Crippen LogP contribution in [0.3, 0.4) is 0 Å². The molecule has 1 N–H and O–H groups in total. The van der Waals surface area contributed by atoms with Crippen LogP contribution in [0.1, 0.15) is 37.8 Å². The smallest absolute Gasteiger partial charge is 0.223 e. The predicted octanol–water partition coefficient (Wildman–Crippen LogP) is 2.01. The number of aliphatic imine (C=N–C) groups is 1. The molecular weight excluding hydrogens is 503 g/mol. The normalized spacial score (nSPS) is 20.0. The summed E-state index contributed by atoms with van der Waals surface area (Å²) >= 11 is 0. The van der Waals surface area contributed by atoms with Crippen LogP contribution in [0, 0.1) is 0 Å². The number of sulfone groups is 1. The molecule has 0 spiro atoms. The second-order valence-electron chi connectivity index (χ2n) is 8.10. The third-order valence-corrected chi connectivity index (χ3v) is 8.13. The standard InChI is InChI=1S/C20H30N4O3S.HI/c1-20(2)15-23(11-12-28(20,26)27)19(21-3)22-10-6-9-18(25)24-13-16-7-4-5-8-17(16)14-24;/h4-5,7-8H,6,9-15H2,1-3H3,(H,21,22);1H. The van der Waals surface area contributed by atoms with E-state index < -0.39 is 14.6 Å². The third-order valence-electron chi connectivity index (χ3n) is 5.60. The molecule has 0 aliphatic carbocycles. The van der Waals surface area contributed by atoms with Crippen molar-refractivity contribution in [1.82, 2.24) is 15.1 Å². The minimum atomic E-state index is -3.08. The SMILES string of the molecule is CN=C(NCCCC(=O)N1Cc2ccccc2C1)N1CCS(=O)(=O)C(C)(C)C1.I. The first-order valence-electron chi connectivity index (χ1n) is 9.76. The van der Waals surface area contributed by atoms with Gasteiger partial charge in [-0.05, 0) is 31.4 Å². The maximum atomic E-state index is 12.5. The second kappa shape index (κ2) is 9.63. The molecule has 0 aromatic heterocycles. The maximum Gasteiger partial charge on any atom is 0.223 e. The minimum absolute atomic E-state index is 0. The number of rotatable bonds is 4. The van der Waals surface area contributed by atoms with Crippen LogP contribution in [0.2, 0.25) is 0 Å². The summed E-state index contributed by atoms with van der Waals surface area (Å²) in [6.07, 6.45) is 1.19. The fourth-order valence-corrected chi connectivity index (χ4v) is 5.13. The van der Waals surface area contributed by atoms with Gasteiger partial charge in [-0.15, -0.1) is 24.0 Å². The van der Waals surface area contributed by atoms with Crippen molar-refractivity contribution < 1.29 is 13.2 Å². The van der Waals surface area contributed by atoms with E-state index in [1.165, 1.54) is 11.1 Å². The zero-order valence-electron chi connectivity index (χ0n) is 17.3. The Hall–Kier alpha value is -1.36. The van der Waals surface area contributed by atoms with Crippen molar-refractivity contribution >= 4 is 45.7 Å². The topological polar surface area (TPSA) is 82.1 Å². The first kappa shape index (κ1) is 23.9. The van der Waals surface area contributed by atoms with Crippen molar-refractivity contribution in [2.45, 2.75) is 44.5 Å². The lowest BCUT2D eigenvalue weighted by Crippen LogP contribution is -2.57. The molecule has 1 fully saturated rings. The van der Waals surface area contributed by atoms with E-state index in [0.29, 0.717) is 51.5 Å². The van der Waals surface area contributed by atoms with Crippen LogP contribution in [0.15, 0.2) is 29.3 Å². The molecule has 0 radical (unpaired) electrons. The van der Waals surface area contributed by atoms with E-state index in [-0.39, 0.29) is 35.6 Å². The Bertz CT molecular complexity index is 845. The zero-order chi connectivity index (χ0) is 20.4. The highest BCUT2D eigenvalue weighted by atomic mass is 127. The van der Waals surface area contributed by atoms with Crippen molar-refractivity contribution in [2.24, 2.45) is 4.99 Å². The molecule has 0 saturated carbocycles. The number of carbonyl (C=O) groups is 1. The van der Waals surface area contributed by atoms with E-state index in [1.54, 1.807) is 20.9 Å². The van der Waals surface area contributed by atoms with E-state index in [4.69, 9.17) is 0 Å². The molecule has 9 heteroatoms. The monoisotopic (exact) mass is 534 g/mol. The summed E-state index contributed by atoms with van der Waals surface area (Å²) in [5.41, 5.74) is 2.47. The molecule has 0 atom stereocenters. The van der Waals surface area contributed by atoms with Gasteiger partial charge < -0.3 is 15.1 Å². The Kier molecular flexibility index (Phi) is 7.94. The number of halogens is 1. The average Bonchev–Trinajstić information content (AvgIpc) is 3.08. The largest absolute Gasteiger partial charge is 0.356 e. The maximum absolute atomic E-state index is 12.5. The average molecular weight is 534 g/mol. The number of hydrogen-bond donors (Lipinski definition) is 1. The molecule has 2 heterocycles. The van der Waals surface area contributed by atoms with E-state index in [9.17, 15) is 13.2 Å².